The fourth-order valence-corrected chi connectivity index (χ4v) is 2.78. The highest BCUT2D eigenvalue weighted by molar-refractivity contribution is 9.10. The fraction of sp³-hybridized carbons (Fsp3) is 0.294. The van der Waals surface area contributed by atoms with Gasteiger partial charge in [0.1, 0.15) is 6.61 Å². The molecule has 2 aromatic carbocycles. The second-order valence-corrected chi connectivity index (χ2v) is 5.77. The monoisotopic (exact) mass is 349 g/mol. The molecule has 21 heavy (non-hydrogen) atoms. The first kappa shape index (κ1) is 15.9. The third-order valence-corrected chi connectivity index (χ3v) is 3.72. The summed E-state index contributed by atoms with van der Waals surface area (Å²) < 4.78 is 12.3. The lowest BCUT2D eigenvalue weighted by Gasteiger charge is -2.14. The van der Waals surface area contributed by atoms with Crippen LogP contribution in [0.2, 0.25) is 0 Å². The van der Waals surface area contributed by atoms with E-state index < -0.39 is 0 Å². The molecule has 0 saturated carbocycles. The van der Waals surface area contributed by atoms with Crippen LogP contribution in [0, 0.1) is 6.92 Å². The molecule has 0 amide bonds. The van der Waals surface area contributed by atoms with Gasteiger partial charge in [-0.1, -0.05) is 29.8 Å². The fourth-order valence-electron chi connectivity index (χ4n) is 2.18. The van der Waals surface area contributed by atoms with Crippen molar-refractivity contribution in [3.8, 4) is 11.5 Å². The van der Waals surface area contributed by atoms with Crippen LogP contribution in [0.25, 0.3) is 0 Å². The lowest BCUT2D eigenvalue weighted by Crippen LogP contribution is -2.06. The van der Waals surface area contributed by atoms with Crippen LogP contribution in [-0.4, -0.2) is 14.2 Å². The van der Waals surface area contributed by atoms with E-state index in [1.807, 2.05) is 25.2 Å². The maximum atomic E-state index is 5.94. The summed E-state index contributed by atoms with van der Waals surface area (Å²) >= 11 is 3.56. The number of hydrogen-bond donors (Lipinski definition) is 1. The molecule has 0 bridgehead atoms. The number of halogens is 1. The second-order valence-electron chi connectivity index (χ2n) is 4.92. The van der Waals surface area contributed by atoms with Gasteiger partial charge in [-0.05, 0) is 53.2 Å². The lowest BCUT2D eigenvalue weighted by atomic mass is 10.1. The summed E-state index contributed by atoms with van der Waals surface area (Å²) in [6.45, 7) is 3.38. The first-order valence-corrected chi connectivity index (χ1v) is 7.62. The Kier molecular flexibility index (Phi) is 5.65. The minimum atomic E-state index is 0.516. The minimum Gasteiger partial charge on any atom is -0.493 e. The molecule has 0 fully saturated rings. The van der Waals surface area contributed by atoms with Crippen LogP contribution < -0.4 is 14.8 Å². The Labute approximate surface area is 134 Å². The van der Waals surface area contributed by atoms with Crippen molar-refractivity contribution in [3.05, 3.63) is 57.6 Å². The summed E-state index contributed by atoms with van der Waals surface area (Å²) in [5, 5.41) is 3.13. The molecule has 1 N–H and O–H groups in total. The van der Waals surface area contributed by atoms with E-state index in [1.165, 1.54) is 5.56 Å². The minimum absolute atomic E-state index is 0.516. The van der Waals surface area contributed by atoms with Gasteiger partial charge in [0.15, 0.2) is 11.5 Å². The molecule has 2 rings (SSSR count). The normalized spacial score (nSPS) is 10.5. The van der Waals surface area contributed by atoms with Crippen LogP contribution >= 0.6 is 15.9 Å². The van der Waals surface area contributed by atoms with Crippen molar-refractivity contribution >= 4 is 15.9 Å². The number of methoxy groups -OCH3 is 1. The highest BCUT2D eigenvalue weighted by Gasteiger charge is 2.11. The molecule has 0 aliphatic heterocycles. The highest BCUT2D eigenvalue weighted by atomic mass is 79.9. The van der Waals surface area contributed by atoms with Crippen molar-refractivity contribution in [2.75, 3.05) is 14.2 Å². The molecule has 0 radical (unpaired) electrons. The van der Waals surface area contributed by atoms with E-state index >= 15 is 0 Å². The third-order valence-electron chi connectivity index (χ3n) is 3.14. The van der Waals surface area contributed by atoms with E-state index in [0.29, 0.717) is 6.61 Å². The van der Waals surface area contributed by atoms with Crippen molar-refractivity contribution in [2.45, 2.75) is 20.1 Å². The third kappa shape index (κ3) is 4.22. The van der Waals surface area contributed by atoms with Gasteiger partial charge in [-0.25, -0.2) is 0 Å². The molecule has 0 atom stereocenters. The molecule has 0 saturated heterocycles. The van der Waals surface area contributed by atoms with Crippen LogP contribution in [-0.2, 0) is 13.2 Å². The Balaban J connectivity index is 2.19. The van der Waals surface area contributed by atoms with Crippen molar-refractivity contribution in [1.82, 2.24) is 5.32 Å². The van der Waals surface area contributed by atoms with Crippen molar-refractivity contribution in [3.63, 3.8) is 0 Å². The predicted molar refractivity (Wildman–Crippen MR) is 89.0 cm³/mol. The lowest BCUT2D eigenvalue weighted by molar-refractivity contribution is 0.282. The van der Waals surface area contributed by atoms with Gasteiger partial charge in [0.2, 0.25) is 0 Å². The first-order chi connectivity index (χ1) is 10.1. The molecular weight excluding hydrogens is 330 g/mol. The van der Waals surface area contributed by atoms with Crippen molar-refractivity contribution in [1.29, 1.82) is 0 Å². The van der Waals surface area contributed by atoms with E-state index in [0.717, 1.165) is 33.6 Å². The van der Waals surface area contributed by atoms with Crippen LogP contribution in [0.15, 0.2) is 40.9 Å². The summed E-state index contributed by atoms with van der Waals surface area (Å²) in [5.41, 5.74) is 3.51. The Hall–Kier alpha value is -1.52. The number of ether oxygens (including phenoxy) is 2. The van der Waals surface area contributed by atoms with Crippen LogP contribution in [0.4, 0.5) is 0 Å². The zero-order chi connectivity index (χ0) is 15.2. The highest BCUT2D eigenvalue weighted by Crippen LogP contribution is 2.37. The largest absolute Gasteiger partial charge is 0.493 e. The maximum Gasteiger partial charge on any atom is 0.175 e. The van der Waals surface area contributed by atoms with Crippen LogP contribution in [0.1, 0.15) is 16.7 Å². The number of nitrogens with one attached hydrogen (secondary N) is 1. The van der Waals surface area contributed by atoms with Crippen LogP contribution in [0.3, 0.4) is 0 Å². The molecule has 0 aliphatic carbocycles. The summed E-state index contributed by atoms with van der Waals surface area (Å²) in [7, 11) is 3.58. The summed E-state index contributed by atoms with van der Waals surface area (Å²) in [4.78, 5) is 0. The summed E-state index contributed by atoms with van der Waals surface area (Å²) in [6.07, 6.45) is 0. The molecule has 3 nitrogen and oxygen atoms in total. The number of benzene rings is 2. The van der Waals surface area contributed by atoms with E-state index in [9.17, 15) is 0 Å². The molecule has 0 aliphatic rings. The van der Waals surface area contributed by atoms with Gasteiger partial charge < -0.3 is 14.8 Å². The van der Waals surface area contributed by atoms with Gasteiger partial charge in [0.25, 0.3) is 0 Å². The molecule has 4 heteroatoms. The maximum absolute atomic E-state index is 5.94. The van der Waals surface area contributed by atoms with Gasteiger partial charge in [-0.15, -0.1) is 0 Å². The van der Waals surface area contributed by atoms with Gasteiger partial charge in [-0.2, -0.15) is 0 Å². The quantitative estimate of drug-likeness (QED) is 0.852. The van der Waals surface area contributed by atoms with Crippen molar-refractivity contribution in [2.24, 2.45) is 0 Å². The smallest absolute Gasteiger partial charge is 0.175 e. The topological polar surface area (TPSA) is 30.5 Å². The van der Waals surface area contributed by atoms with E-state index in [2.05, 4.69) is 46.4 Å². The average molecular weight is 350 g/mol. The Morgan fingerprint density at radius 1 is 1.14 bits per heavy atom. The molecule has 112 valence electrons. The van der Waals surface area contributed by atoms with Gasteiger partial charge >= 0.3 is 0 Å². The molecule has 0 spiro atoms. The first-order valence-electron chi connectivity index (χ1n) is 6.83. The van der Waals surface area contributed by atoms with E-state index in [4.69, 9.17) is 9.47 Å². The second kappa shape index (κ2) is 7.48. The Bertz CT molecular complexity index is 614. The van der Waals surface area contributed by atoms with Gasteiger partial charge in [-0.3, -0.25) is 0 Å². The summed E-state index contributed by atoms with van der Waals surface area (Å²) in [6, 6.07) is 12.3. The number of aryl methyl sites for hydroxylation is 1. The van der Waals surface area contributed by atoms with Crippen molar-refractivity contribution < 1.29 is 9.47 Å². The molecular formula is C17H20BrNO2. The van der Waals surface area contributed by atoms with E-state index in [1.54, 1.807) is 7.11 Å². The molecule has 2 aromatic rings. The Morgan fingerprint density at radius 3 is 2.62 bits per heavy atom. The zero-order valence-corrected chi connectivity index (χ0v) is 14.2. The Morgan fingerprint density at radius 2 is 1.95 bits per heavy atom. The van der Waals surface area contributed by atoms with E-state index in [-0.39, 0.29) is 0 Å². The predicted octanol–water partition coefficient (Wildman–Crippen LogP) is 4.06. The SMILES string of the molecule is CNCc1cc(Br)c(OCc2cccc(C)c2)c(OC)c1. The standard InChI is InChI=1S/C17H20BrNO2/c1-12-5-4-6-13(7-12)11-21-17-15(18)8-14(10-19-2)9-16(17)20-3/h4-9,19H,10-11H2,1-3H3. The molecule has 0 heterocycles. The summed E-state index contributed by atoms with van der Waals surface area (Å²) in [5.74, 6) is 1.47. The van der Waals surface area contributed by atoms with Crippen LogP contribution in [0.5, 0.6) is 11.5 Å². The van der Waals surface area contributed by atoms with Gasteiger partial charge in [0.05, 0.1) is 11.6 Å². The average Bonchev–Trinajstić information content (AvgIpc) is 2.46. The molecule has 0 aromatic heterocycles. The van der Waals surface area contributed by atoms with Gasteiger partial charge in [0, 0.05) is 6.54 Å². The zero-order valence-electron chi connectivity index (χ0n) is 12.6. The molecule has 0 unspecified atom stereocenters. The number of hydrogen-bond acceptors (Lipinski definition) is 3. The number of rotatable bonds is 6.